The first-order chi connectivity index (χ1) is 7.66. The lowest BCUT2D eigenvalue weighted by Crippen LogP contribution is -2.11. The van der Waals surface area contributed by atoms with Crippen molar-refractivity contribution in [2.24, 2.45) is 0 Å². The van der Waals surface area contributed by atoms with Crippen molar-refractivity contribution in [3.8, 4) is 5.88 Å². The summed E-state index contributed by atoms with van der Waals surface area (Å²) in [6, 6.07) is 7.35. The molecule has 16 heavy (non-hydrogen) atoms. The highest BCUT2D eigenvalue weighted by molar-refractivity contribution is 5.74. The maximum Gasteiger partial charge on any atom is 0.341 e. The van der Waals surface area contributed by atoms with E-state index in [2.05, 4.69) is 9.97 Å². The highest BCUT2D eigenvalue weighted by atomic mass is 16.5. The van der Waals surface area contributed by atoms with E-state index in [1.54, 1.807) is 13.0 Å². The van der Waals surface area contributed by atoms with Crippen LogP contribution in [0.3, 0.4) is 0 Å². The summed E-state index contributed by atoms with van der Waals surface area (Å²) in [6.07, 6.45) is 0. The van der Waals surface area contributed by atoms with Gasteiger partial charge in [0.15, 0.2) is 6.61 Å². The third kappa shape index (κ3) is 2.08. The zero-order chi connectivity index (χ0) is 11.5. The fourth-order valence-electron chi connectivity index (χ4n) is 1.34. The number of hydrogen-bond acceptors (Lipinski definition) is 4. The highest BCUT2D eigenvalue weighted by Gasteiger charge is 2.07. The third-order valence-electron chi connectivity index (χ3n) is 2.03. The molecule has 0 radical (unpaired) electrons. The largest absolute Gasteiger partial charge is 0.479 e. The Morgan fingerprint density at radius 3 is 2.56 bits per heavy atom. The normalized spacial score (nSPS) is 10.3. The van der Waals surface area contributed by atoms with Gasteiger partial charge in [-0.15, -0.1) is 0 Å². The minimum atomic E-state index is -1.03. The van der Waals surface area contributed by atoms with Gasteiger partial charge in [-0.25, -0.2) is 14.8 Å². The number of carboxylic acid groups (broad SMARTS) is 1. The van der Waals surface area contributed by atoms with Crippen LogP contribution in [0, 0.1) is 6.92 Å². The van der Waals surface area contributed by atoms with Crippen LogP contribution in [0.15, 0.2) is 24.3 Å². The molecule has 2 rings (SSSR count). The second kappa shape index (κ2) is 4.14. The minimum Gasteiger partial charge on any atom is -0.479 e. The number of hydrogen-bond donors (Lipinski definition) is 1. The monoisotopic (exact) mass is 218 g/mol. The van der Waals surface area contributed by atoms with Gasteiger partial charge in [-0.1, -0.05) is 12.1 Å². The van der Waals surface area contributed by atoms with Crippen molar-refractivity contribution in [1.82, 2.24) is 9.97 Å². The average Bonchev–Trinajstić information content (AvgIpc) is 2.26. The first-order valence-electron chi connectivity index (χ1n) is 4.75. The van der Waals surface area contributed by atoms with E-state index < -0.39 is 12.6 Å². The van der Waals surface area contributed by atoms with E-state index in [9.17, 15) is 4.79 Å². The van der Waals surface area contributed by atoms with Crippen LogP contribution >= 0.6 is 0 Å². The van der Waals surface area contributed by atoms with E-state index >= 15 is 0 Å². The average molecular weight is 218 g/mol. The maximum absolute atomic E-state index is 10.4. The molecule has 2 aromatic rings. The number of aryl methyl sites for hydroxylation is 1. The van der Waals surface area contributed by atoms with Crippen LogP contribution in [-0.2, 0) is 4.79 Å². The summed E-state index contributed by atoms with van der Waals surface area (Å²) in [6.45, 7) is 1.32. The summed E-state index contributed by atoms with van der Waals surface area (Å²) in [5.74, 6) is -0.768. The van der Waals surface area contributed by atoms with Crippen molar-refractivity contribution in [3.05, 3.63) is 30.0 Å². The first-order valence-corrected chi connectivity index (χ1v) is 4.75. The zero-order valence-electron chi connectivity index (χ0n) is 8.67. The van der Waals surface area contributed by atoms with E-state index in [0.29, 0.717) is 11.2 Å². The van der Waals surface area contributed by atoms with Crippen LogP contribution in [0.1, 0.15) is 5.69 Å². The van der Waals surface area contributed by atoms with E-state index in [0.717, 1.165) is 5.52 Å². The van der Waals surface area contributed by atoms with Crippen LogP contribution < -0.4 is 4.74 Å². The van der Waals surface area contributed by atoms with Crippen LogP contribution in [-0.4, -0.2) is 27.7 Å². The van der Waals surface area contributed by atoms with E-state index in [-0.39, 0.29) is 5.88 Å². The lowest BCUT2D eigenvalue weighted by Gasteiger charge is -2.06. The highest BCUT2D eigenvalue weighted by Crippen LogP contribution is 2.17. The lowest BCUT2D eigenvalue weighted by molar-refractivity contribution is -0.139. The number of fused-ring (bicyclic) bond motifs is 1. The van der Waals surface area contributed by atoms with Crippen molar-refractivity contribution in [2.75, 3.05) is 6.61 Å². The first kappa shape index (κ1) is 10.4. The van der Waals surface area contributed by atoms with Crippen LogP contribution in [0.4, 0.5) is 0 Å². The van der Waals surface area contributed by atoms with E-state index in [4.69, 9.17) is 9.84 Å². The Balaban J connectivity index is 2.38. The molecule has 0 amide bonds. The number of benzene rings is 1. The molecule has 0 aliphatic heterocycles. The Labute approximate surface area is 91.7 Å². The third-order valence-corrected chi connectivity index (χ3v) is 2.03. The molecular formula is C11H10N2O3. The Hall–Kier alpha value is -2.17. The van der Waals surface area contributed by atoms with Gasteiger partial charge < -0.3 is 9.84 Å². The molecule has 0 saturated heterocycles. The number of carbonyl (C=O) groups is 1. The van der Waals surface area contributed by atoms with Crippen molar-refractivity contribution < 1.29 is 14.6 Å². The Morgan fingerprint density at radius 2 is 1.94 bits per heavy atom. The topological polar surface area (TPSA) is 72.3 Å². The number of nitrogens with zero attached hydrogens (tertiary/aromatic N) is 2. The molecule has 1 aromatic carbocycles. The van der Waals surface area contributed by atoms with E-state index in [1.165, 1.54) is 0 Å². The van der Waals surface area contributed by atoms with Gasteiger partial charge >= 0.3 is 5.97 Å². The molecule has 1 aromatic heterocycles. The Bertz CT molecular complexity index is 540. The molecule has 0 fully saturated rings. The second-order valence-corrected chi connectivity index (χ2v) is 3.29. The summed E-state index contributed by atoms with van der Waals surface area (Å²) in [5.41, 5.74) is 2.04. The van der Waals surface area contributed by atoms with Gasteiger partial charge in [0.05, 0.1) is 11.0 Å². The summed E-state index contributed by atoms with van der Waals surface area (Å²) >= 11 is 0. The van der Waals surface area contributed by atoms with Gasteiger partial charge in [-0.3, -0.25) is 0 Å². The number of aliphatic carboxylic acids is 1. The van der Waals surface area contributed by atoms with Gasteiger partial charge in [-0.05, 0) is 19.1 Å². The molecule has 5 heteroatoms. The van der Waals surface area contributed by atoms with Crippen LogP contribution in [0.5, 0.6) is 5.88 Å². The van der Waals surface area contributed by atoms with Gasteiger partial charge in [0.2, 0.25) is 5.88 Å². The van der Waals surface area contributed by atoms with Crippen molar-refractivity contribution in [1.29, 1.82) is 0 Å². The Kier molecular flexibility index (Phi) is 2.68. The molecule has 0 aliphatic carbocycles. The molecule has 5 nitrogen and oxygen atoms in total. The van der Waals surface area contributed by atoms with Gasteiger partial charge in [0.25, 0.3) is 0 Å². The number of carboxylic acids is 1. The SMILES string of the molecule is Cc1nc2ccccc2nc1OCC(=O)O. The molecule has 0 bridgehead atoms. The molecule has 82 valence electrons. The molecular weight excluding hydrogens is 208 g/mol. The van der Waals surface area contributed by atoms with E-state index in [1.807, 2.05) is 18.2 Å². The fraction of sp³-hybridized carbons (Fsp3) is 0.182. The fourth-order valence-corrected chi connectivity index (χ4v) is 1.34. The smallest absolute Gasteiger partial charge is 0.341 e. The van der Waals surface area contributed by atoms with Gasteiger partial charge in [-0.2, -0.15) is 0 Å². The molecule has 0 aliphatic rings. The molecule has 1 heterocycles. The molecule has 0 spiro atoms. The predicted octanol–water partition coefficient (Wildman–Crippen LogP) is 1.40. The molecule has 1 N–H and O–H groups in total. The standard InChI is InChI=1S/C11H10N2O3/c1-7-11(16-6-10(14)15)13-9-5-3-2-4-8(9)12-7/h2-5H,6H2,1H3,(H,14,15). The number of ether oxygens (including phenoxy) is 1. The molecule has 0 saturated carbocycles. The molecule has 0 unspecified atom stereocenters. The Morgan fingerprint density at radius 1 is 1.31 bits per heavy atom. The van der Waals surface area contributed by atoms with Crippen molar-refractivity contribution >= 4 is 17.0 Å². The van der Waals surface area contributed by atoms with Gasteiger partial charge in [0, 0.05) is 0 Å². The minimum absolute atomic E-state index is 0.265. The quantitative estimate of drug-likeness (QED) is 0.843. The van der Waals surface area contributed by atoms with Gasteiger partial charge in [0.1, 0.15) is 5.69 Å². The lowest BCUT2D eigenvalue weighted by atomic mass is 10.3. The predicted molar refractivity (Wildman–Crippen MR) is 57.4 cm³/mol. The molecule has 0 atom stereocenters. The summed E-state index contributed by atoms with van der Waals surface area (Å²) in [4.78, 5) is 18.8. The number of para-hydroxylation sites is 2. The summed E-state index contributed by atoms with van der Waals surface area (Å²) < 4.78 is 5.03. The van der Waals surface area contributed by atoms with Crippen molar-refractivity contribution in [2.45, 2.75) is 6.92 Å². The maximum atomic E-state index is 10.4. The number of rotatable bonds is 3. The number of aromatic nitrogens is 2. The van der Waals surface area contributed by atoms with Crippen molar-refractivity contribution in [3.63, 3.8) is 0 Å². The summed E-state index contributed by atoms with van der Waals surface area (Å²) in [5, 5.41) is 8.51. The van der Waals surface area contributed by atoms with Crippen LogP contribution in [0.2, 0.25) is 0 Å². The summed E-state index contributed by atoms with van der Waals surface area (Å²) in [7, 11) is 0. The van der Waals surface area contributed by atoms with Crippen LogP contribution in [0.25, 0.3) is 11.0 Å². The zero-order valence-corrected chi connectivity index (χ0v) is 8.67. The second-order valence-electron chi connectivity index (χ2n) is 3.29.